The fraction of sp³-hybridized carbons (Fsp3) is 0.571. The third-order valence-corrected chi connectivity index (χ3v) is 2.24. The van der Waals surface area contributed by atoms with Gasteiger partial charge in [0.05, 0.1) is 6.04 Å². The highest BCUT2D eigenvalue weighted by Gasteiger charge is 2.27. The molecule has 1 aliphatic rings. The van der Waals surface area contributed by atoms with Crippen molar-refractivity contribution < 1.29 is 9.90 Å². The zero-order valence-electron chi connectivity index (χ0n) is 7.00. The standard InChI is InChI=1S/C7H10N4O2/c12-7(13)10-2-1-6(3-10)11-5-8-4-9-11/h4-6H,1-3H2,(H,12,13). The maximum atomic E-state index is 10.6. The van der Waals surface area contributed by atoms with Crippen LogP contribution in [0.5, 0.6) is 0 Å². The van der Waals surface area contributed by atoms with Crippen molar-refractivity contribution in [2.45, 2.75) is 12.5 Å². The van der Waals surface area contributed by atoms with Gasteiger partial charge in [-0.2, -0.15) is 5.10 Å². The van der Waals surface area contributed by atoms with Crippen molar-refractivity contribution in [3.63, 3.8) is 0 Å². The summed E-state index contributed by atoms with van der Waals surface area (Å²) in [5.74, 6) is 0. The molecule has 1 fully saturated rings. The third kappa shape index (κ3) is 1.47. The minimum atomic E-state index is -0.859. The summed E-state index contributed by atoms with van der Waals surface area (Å²) in [6.07, 6.45) is 3.04. The van der Waals surface area contributed by atoms with E-state index in [-0.39, 0.29) is 6.04 Å². The SMILES string of the molecule is O=C(O)N1CCC(n2cncn2)C1. The highest BCUT2D eigenvalue weighted by Crippen LogP contribution is 2.19. The van der Waals surface area contributed by atoms with Gasteiger partial charge in [0.1, 0.15) is 12.7 Å². The van der Waals surface area contributed by atoms with Crippen LogP contribution in [0.2, 0.25) is 0 Å². The van der Waals surface area contributed by atoms with Gasteiger partial charge in [-0.25, -0.2) is 14.5 Å². The van der Waals surface area contributed by atoms with Crippen LogP contribution in [0.3, 0.4) is 0 Å². The van der Waals surface area contributed by atoms with E-state index in [4.69, 9.17) is 5.11 Å². The Hall–Kier alpha value is -1.59. The molecule has 2 rings (SSSR count). The molecule has 0 radical (unpaired) electrons. The Morgan fingerprint density at radius 2 is 2.46 bits per heavy atom. The number of amides is 1. The minimum Gasteiger partial charge on any atom is -0.465 e. The van der Waals surface area contributed by atoms with Crippen molar-refractivity contribution in [1.29, 1.82) is 0 Å². The largest absolute Gasteiger partial charge is 0.465 e. The van der Waals surface area contributed by atoms with Gasteiger partial charge in [0.25, 0.3) is 0 Å². The van der Waals surface area contributed by atoms with Crippen molar-refractivity contribution >= 4 is 6.09 Å². The molecule has 2 heterocycles. The smallest absolute Gasteiger partial charge is 0.407 e. The van der Waals surface area contributed by atoms with E-state index in [1.165, 1.54) is 11.2 Å². The van der Waals surface area contributed by atoms with Crippen LogP contribution in [0.15, 0.2) is 12.7 Å². The molecule has 0 spiro atoms. The van der Waals surface area contributed by atoms with Gasteiger partial charge < -0.3 is 10.0 Å². The summed E-state index contributed by atoms with van der Waals surface area (Å²) in [6.45, 7) is 1.10. The molecule has 0 aliphatic carbocycles. The first-order valence-corrected chi connectivity index (χ1v) is 4.09. The fourth-order valence-corrected chi connectivity index (χ4v) is 1.54. The lowest BCUT2D eigenvalue weighted by Crippen LogP contribution is -2.27. The molecule has 1 aromatic heterocycles. The lowest BCUT2D eigenvalue weighted by atomic mass is 10.3. The van der Waals surface area contributed by atoms with Gasteiger partial charge in [0.15, 0.2) is 0 Å². The van der Waals surface area contributed by atoms with Gasteiger partial charge in [0, 0.05) is 13.1 Å². The van der Waals surface area contributed by atoms with Gasteiger partial charge in [-0.3, -0.25) is 0 Å². The first kappa shape index (κ1) is 8.03. The van der Waals surface area contributed by atoms with Crippen molar-refractivity contribution in [3.05, 3.63) is 12.7 Å². The summed E-state index contributed by atoms with van der Waals surface area (Å²) in [5, 5.41) is 12.7. The molecule has 1 aromatic rings. The third-order valence-electron chi connectivity index (χ3n) is 2.24. The Kier molecular flexibility index (Phi) is 1.88. The molecule has 13 heavy (non-hydrogen) atoms. The molecule has 70 valence electrons. The molecule has 1 aliphatic heterocycles. The Labute approximate surface area is 74.8 Å². The van der Waals surface area contributed by atoms with Crippen LogP contribution in [-0.2, 0) is 0 Å². The van der Waals surface area contributed by atoms with Crippen LogP contribution in [0, 0.1) is 0 Å². The summed E-state index contributed by atoms with van der Waals surface area (Å²) in [6, 6.07) is 0.151. The zero-order chi connectivity index (χ0) is 9.26. The van der Waals surface area contributed by atoms with E-state index in [2.05, 4.69) is 10.1 Å². The van der Waals surface area contributed by atoms with E-state index in [0.717, 1.165) is 6.42 Å². The second kappa shape index (κ2) is 3.04. The fourth-order valence-electron chi connectivity index (χ4n) is 1.54. The second-order valence-corrected chi connectivity index (χ2v) is 3.05. The summed E-state index contributed by atoms with van der Waals surface area (Å²) in [5.41, 5.74) is 0. The molecular formula is C7H10N4O2. The molecule has 1 unspecified atom stereocenters. The average Bonchev–Trinajstić information content (AvgIpc) is 2.75. The highest BCUT2D eigenvalue weighted by atomic mass is 16.4. The predicted molar refractivity (Wildman–Crippen MR) is 43.3 cm³/mol. The maximum Gasteiger partial charge on any atom is 0.407 e. The van der Waals surface area contributed by atoms with E-state index in [1.807, 2.05) is 0 Å². The number of hydrogen-bond donors (Lipinski definition) is 1. The Balaban J connectivity index is 2.03. The van der Waals surface area contributed by atoms with E-state index < -0.39 is 6.09 Å². The van der Waals surface area contributed by atoms with Gasteiger partial charge in [-0.05, 0) is 6.42 Å². The molecule has 1 N–H and O–H groups in total. The zero-order valence-corrected chi connectivity index (χ0v) is 7.00. The van der Waals surface area contributed by atoms with Crippen molar-refractivity contribution in [1.82, 2.24) is 19.7 Å². The van der Waals surface area contributed by atoms with Crippen LogP contribution < -0.4 is 0 Å². The molecule has 1 amide bonds. The monoisotopic (exact) mass is 182 g/mol. The first-order chi connectivity index (χ1) is 6.27. The van der Waals surface area contributed by atoms with Crippen LogP contribution >= 0.6 is 0 Å². The molecule has 0 aromatic carbocycles. The highest BCUT2D eigenvalue weighted by molar-refractivity contribution is 5.65. The van der Waals surface area contributed by atoms with Crippen molar-refractivity contribution in [2.75, 3.05) is 13.1 Å². The van der Waals surface area contributed by atoms with Gasteiger partial charge in [-0.1, -0.05) is 0 Å². The molecule has 6 nitrogen and oxygen atoms in total. The Morgan fingerprint density at radius 3 is 3.00 bits per heavy atom. The number of likely N-dealkylation sites (tertiary alicyclic amines) is 1. The number of carbonyl (C=O) groups is 1. The second-order valence-electron chi connectivity index (χ2n) is 3.05. The summed E-state index contributed by atoms with van der Waals surface area (Å²) in [4.78, 5) is 15.8. The number of rotatable bonds is 1. The average molecular weight is 182 g/mol. The quantitative estimate of drug-likeness (QED) is 0.673. The van der Waals surface area contributed by atoms with E-state index in [0.29, 0.717) is 13.1 Å². The normalized spacial score (nSPS) is 22.2. The van der Waals surface area contributed by atoms with Crippen molar-refractivity contribution in [2.24, 2.45) is 0 Å². The molecule has 0 saturated carbocycles. The topological polar surface area (TPSA) is 71.2 Å². The van der Waals surface area contributed by atoms with E-state index >= 15 is 0 Å². The predicted octanol–water partition coefficient (Wildman–Crippen LogP) is 0.203. The molecule has 1 saturated heterocycles. The summed E-state index contributed by atoms with van der Waals surface area (Å²) >= 11 is 0. The number of aromatic nitrogens is 3. The van der Waals surface area contributed by atoms with Gasteiger partial charge in [-0.15, -0.1) is 0 Å². The van der Waals surface area contributed by atoms with Crippen LogP contribution in [-0.4, -0.2) is 44.0 Å². The minimum absolute atomic E-state index is 0.151. The lowest BCUT2D eigenvalue weighted by Gasteiger charge is -2.11. The first-order valence-electron chi connectivity index (χ1n) is 4.09. The lowest BCUT2D eigenvalue weighted by molar-refractivity contribution is 0.154. The summed E-state index contributed by atoms with van der Waals surface area (Å²) in [7, 11) is 0. The molecule has 1 atom stereocenters. The molecule has 6 heteroatoms. The van der Waals surface area contributed by atoms with Crippen LogP contribution in [0.25, 0.3) is 0 Å². The number of carboxylic acid groups (broad SMARTS) is 1. The Morgan fingerprint density at radius 1 is 1.62 bits per heavy atom. The number of hydrogen-bond acceptors (Lipinski definition) is 3. The van der Waals surface area contributed by atoms with Crippen molar-refractivity contribution in [3.8, 4) is 0 Å². The molecular weight excluding hydrogens is 172 g/mol. The van der Waals surface area contributed by atoms with Gasteiger partial charge in [0.2, 0.25) is 0 Å². The molecule has 0 bridgehead atoms. The maximum absolute atomic E-state index is 10.6. The number of nitrogens with zero attached hydrogens (tertiary/aromatic N) is 4. The summed E-state index contributed by atoms with van der Waals surface area (Å²) < 4.78 is 1.71. The van der Waals surface area contributed by atoms with Gasteiger partial charge >= 0.3 is 6.09 Å². The van der Waals surface area contributed by atoms with E-state index in [9.17, 15) is 4.79 Å². The Bertz CT molecular complexity index is 297. The van der Waals surface area contributed by atoms with E-state index in [1.54, 1.807) is 11.0 Å². The van der Waals surface area contributed by atoms with Crippen LogP contribution in [0.1, 0.15) is 12.5 Å². The van der Waals surface area contributed by atoms with Crippen LogP contribution in [0.4, 0.5) is 4.79 Å².